The molecular formula is C11H18N2O4S. The second kappa shape index (κ2) is 5.79. The molecule has 2 rings (SSSR count). The summed E-state index contributed by atoms with van der Waals surface area (Å²) in [5, 5.41) is 21.7. The number of likely N-dealkylation sites (tertiary alicyclic amines) is 1. The fraction of sp³-hybridized carbons (Fsp3) is 0.818. The van der Waals surface area contributed by atoms with E-state index in [1.807, 2.05) is 11.8 Å². The lowest BCUT2D eigenvalue weighted by molar-refractivity contribution is -0.141. The molecule has 0 bridgehead atoms. The highest BCUT2D eigenvalue weighted by Crippen LogP contribution is 2.25. The molecular weight excluding hydrogens is 256 g/mol. The fourth-order valence-electron chi connectivity index (χ4n) is 2.38. The van der Waals surface area contributed by atoms with Gasteiger partial charge in [-0.25, -0.2) is 9.59 Å². The highest BCUT2D eigenvalue weighted by atomic mass is 32.2. The Morgan fingerprint density at radius 2 is 2.22 bits per heavy atom. The Bertz CT molecular complexity index is 333. The zero-order valence-electron chi connectivity index (χ0n) is 10.0. The van der Waals surface area contributed by atoms with Crippen molar-refractivity contribution in [3.05, 3.63) is 0 Å². The van der Waals surface area contributed by atoms with Gasteiger partial charge in [0.1, 0.15) is 6.04 Å². The van der Waals surface area contributed by atoms with E-state index in [1.165, 1.54) is 11.3 Å². The largest absolute Gasteiger partial charge is 0.480 e. The van der Waals surface area contributed by atoms with Crippen LogP contribution in [0.5, 0.6) is 0 Å². The molecule has 2 saturated heterocycles. The van der Waals surface area contributed by atoms with Crippen LogP contribution in [0.4, 0.5) is 4.79 Å². The first-order valence-electron chi connectivity index (χ1n) is 6.15. The fourth-order valence-corrected chi connectivity index (χ4v) is 3.58. The molecule has 0 radical (unpaired) electrons. The average molecular weight is 274 g/mol. The summed E-state index contributed by atoms with van der Waals surface area (Å²) in [7, 11) is 0. The van der Waals surface area contributed by atoms with Crippen molar-refractivity contribution in [3.8, 4) is 0 Å². The van der Waals surface area contributed by atoms with Gasteiger partial charge in [-0.1, -0.05) is 0 Å². The summed E-state index contributed by atoms with van der Waals surface area (Å²) in [5.41, 5.74) is 0. The zero-order chi connectivity index (χ0) is 13.1. The Balaban J connectivity index is 1.85. The predicted molar refractivity (Wildman–Crippen MR) is 67.6 cm³/mol. The van der Waals surface area contributed by atoms with E-state index in [1.54, 1.807) is 0 Å². The number of aliphatic hydroxyl groups excluding tert-OH is 1. The summed E-state index contributed by atoms with van der Waals surface area (Å²) in [5.74, 6) is 0.0673. The number of carbonyl (C=O) groups is 2. The molecule has 2 aliphatic rings. The monoisotopic (exact) mass is 274 g/mol. The number of amides is 2. The lowest BCUT2D eigenvalue weighted by atomic mass is 10.2. The molecule has 3 atom stereocenters. The van der Waals surface area contributed by atoms with Crippen LogP contribution in [-0.2, 0) is 4.79 Å². The molecule has 1 unspecified atom stereocenters. The van der Waals surface area contributed by atoms with Crippen molar-refractivity contribution in [2.24, 2.45) is 0 Å². The van der Waals surface area contributed by atoms with Crippen molar-refractivity contribution < 1.29 is 19.8 Å². The van der Waals surface area contributed by atoms with Gasteiger partial charge >= 0.3 is 12.0 Å². The Morgan fingerprint density at radius 1 is 1.44 bits per heavy atom. The summed E-state index contributed by atoms with van der Waals surface area (Å²) < 4.78 is 0. The molecule has 2 heterocycles. The van der Waals surface area contributed by atoms with E-state index >= 15 is 0 Å². The number of urea groups is 1. The number of nitrogens with zero attached hydrogens (tertiary/aromatic N) is 1. The standard InChI is InChI=1S/C11H18N2O4S/c14-7-4-9(10(15)16)13(6-7)11(17)12-5-8-2-1-3-18-8/h7-9,14H,1-6H2,(H,12,17)(H,15,16)/t7-,8?,9+/m1/s1. The summed E-state index contributed by atoms with van der Waals surface area (Å²) in [6.07, 6.45) is 1.64. The molecule has 18 heavy (non-hydrogen) atoms. The maximum Gasteiger partial charge on any atom is 0.326 e. The second-order valence-corrected chi connectivity index (χ2v) is 6.13. The van der Waals surface area contributed by atoms with Crippen LogP contribution < -0.4 is 5.32 Å². The van der Waals surface area contributed by atoms with Gasteiger partial charge in [0.25, 0.3) is 0 Å². The Hall–Kier alpha value is -0.950. The molecule has 7 heteroatoms. The highest BCUT2D eigenvalue weighted by Gasteiger charge is 2.39. The summed E-state index contributed by atoms with van der Waals surface area (Å²) in [4.78, 5) is 24.1. The molecule has 2 fully saturated rings. The molecule has 0 aromatic heterocycles. The number of thioether (sulfide) groups is 1. The molecule has 6 nitrogen and oxygen atoms in total. The van der Waals surface area contributed by atoms with Crippen LogP contribution in [0.25, 0.3) is 0 Å². The highest BCUT2D eigenvalue weighted by molar-refractivity contribution is 8.00. The number of β-amino-alcohol motifs (C(OH)–C–C–N with tert-alkyl or cyclic N) is 1. The lowest BCUT2D eigenvalue weighted by Crippen LogP contribution is -2.47. The van der Waals surface area contributed by atoms with E-state index in [-0.39, 0.29) is 19.0 Å². The number of hydrogen-bond acceptors (Lipinski definition) is 4. The third-order valence-corrected chi connectivity index (χ3v) is 4.73. The smallest absolute Gasteiger partial charge is 0.326 e. The summed E-state index contributed by atoms with van der Waals surface area (Å²) >= 11 is 1.84. The van der Waals surface area contributed by atoms with Gasteiger partial charge < -0.3 is 20.4 Å². The first-order valence-corrected chi connectivity index (χ1v) is 7.19. The van der Waals surface area contributed by atoms with E-state index < -0.39 is 18.1 Å². The minimum Gasteiger partial charge on any atom is -0.480 e. The van der Waals surface area contributed by atoms with Gasteiger partial charge in [-0.2, -0.15) is 11.8 Å². The van der Waals surface area contributed by atoms with Crippen molar-refractivity contribution in [1.29, 1.82) is 0 Å². The number of carboxylic acids is 1. The maximum atomic E-state index is 11.9. The quantitative estimate of drug-likeness (QED) is 0.679. The van der Waals surface area contributed by atoms with Gasteiger partial charge in [0.15, 0.2) is 0 Å². The second-order valence-electron chi connectivity index (χ2n) is 4.72. The first kappa shape index (κ1) is 13.5. The molecule has 2 amide bonds. The zero-order valence-corrected chi connectivity index (χ0v) is 10.9. The van der Waals surface area contributed by atoms with Crippen LogP contribution in [0.2, 0.25) is 0 Å². The number of carboxylic acid groups (broad SMARTS) is 1. The Kier molecular flexibility index (Phi) is 4.34. The topological polar surface area (TPSA) is 89.9 Å². The number of rotatable bonds is 3. The van der Waals surface area contributed by atoms with E-state index in [2.05, 4.69) is 5.32 Å². The number of aliphatic carboxylic acids is 1. The van der Waals surface area contributed by atoms with Crippen molar-refractivity contribution in [3.63, 3.8) is 0 Å². The van der Waals surface area contributed by atoms with Crippen LogP contribution in [0.15, 0.2) is 0 Å². The molecule has 2 aliphatic heterocycles. The third kappa shape index (κ3) is 3.08. The molecule has 0 aromatic carbocycles. The van der Waals surface area contributed by atoms with Gasteiger partial charge in [0.2, 0.25) is 0 Å². The molecule has 0 aliphatic carbocycles. The van der Waals surface area contributed by atoms with Gasteiger partial charge in [-0.3, -0.25) is 0 Å². The number of nitrogens with one attached hydrogen (secondary N) is 1. The van der Waals surface area contributed by atoms with Crippen molar-refractivity contribution in [1.82, 2.24) is 10.2 Å². The predicted octanol–water partition coefficient (Wildman–Crippen LogP) is 0.111. The van der Waals surface area contributed by atoms with Crippen LogP contribution in [-0.4, -0.2) is 63.4 Å². The van der Waals surface area contributed by atoms with Crippen molar-refractivity contribution in [2.45, 2.75) is 36.7 Å². The normalized spacial score (nSPS) is 31.6. The van der Waals surface area contributed by atoms with Gasteiger partial charge in [-0.05, 0) is 18.6 Å². The minimum absolute atomic E-state index is 0.0978. The molecule has 0 spiro atoms. The van der Waals surface area contributed by atoms with E-state index in [0.717, 1.165) is 12.2 Å². The first-order chi connectivity index (χ1) is 8.58. The van der Waals surface area contributed by atoms with Gasteiger partial charge in [-0.15, -0.1) is 0 Å². The molecule has 3 N–H and O–H groups in total. The van der Waals surface area contributed by atoms with Crippen LogP contribution in [0.3, 0.4) is 0 Å². The van der Waals surface area contributed by atoms with Crippen LogP contribution >= 0.6 is 11.8 Å². The summed E-state index contributed by atoms with van der Waals surface area (Å²) in [6.45, 7) is 0.670. The molecule has 0 saturated carbocycles. The average Bonchev–Trinajstić information content (AvgIpc) is 2.94. The van der Waals surface area contributed by atoms with E-state index in [9.17, 15) is 14.7 Å². The van der Waals surface area contributed by atoms with Gasteiger partial charge in [0.05, 0.1) is 6.10 Å². The van der Waals surface area contributed by atoms with Crippen molar-refractivity contribution in [2.75, 3.05) is 18.8 Å². The number of hydrogen-bond donors (Lipinski definition) is 3. The molecule has 102 valence electrons. The van der Waals surface area contributed by atoms with Crippen LogP contribution in [0, 0.1) is 0 Å². The van der Waals surface area contributed by atoms with E-state index in [0.29, 0.717) is 11.8 Å². The number of aliphatic hydroxyl groups is 1. The van der Waals surface area contributed by atoms with Crippen molar-refractivity contribution >= 4 is 23.8 Å². The van der Waals surface area contributed by atoms with Crippen LogP contribution in [0.1, 0.15) is 19.3 Å². The molecule has 0 aromatic rings. The Labute approximate surface area is 110 Å². The lowest BCUT2D eigenvalue weighted by Gasteiger charge is -2.22. The minimum atomic E-state index is -1.06. The van der Waals surface area contributed by atoms with E-state index in [4.69, 9.17) is 5.11 Å². The SMILES string of the molecule is O=C(O)[C@@H]1C[C@@H](O)CN1C(=O)NCC1CCCS1. The maximum absolute atomic E-state index is 11.9. The Morgan fingerprint density at radius 3 is 2.83 bits per heavy atom. The summed E-state index contributed by atoms with van der Waals surface area (Å²) in [6, 6.07) is -1.29. The number of carbonyl (C=O) groups excluding carboxylic acids is 1. The third-order valence-electron chi connectivity index (χ3n) is 3.33. The van der Waals surface area contributed by atoms with Gasteiger partial charge in [0, 0.05) is 24.8 Å².